The summed E-state index contributed by atoms with van der Waals surface area (Å²) < 4.78 is 33.6. The van der Waals surface area contributed by atoms with E-state index in [2.05, 4.69) is 15.6 Å². The highest BCUT2D eigenvalue weighted by Gasteiger charge is 2.24. The maximum Gasteiger partial charge on any atom is 0.269 e. The Hall–Kier alpha value is -4.67. The van der Waals surface area contributed by atoms with Crippen molar-refractivity contribution in [2.75, 3.05) is 12.4 Å². The smallest absolute Gasteiger partial charge is 0.269 e. The second-order valence-electron chi connectivity index (χ2n) is 8.35. The number of aromatic nitrogens is 2. The van der Waals surface area contributed by atoms with E-state index in [-0.39, 0.29) is 22.1 Å². The zero-order chi connectivity index (χ0) is 27.6. The largest absolute Gasteiger partial charge is 0.457 e. The molecule has 0 aliphatic heterocycles. The molecule has 0 unspecified atom stereocenters. The van der Waals surface area contributed by atoms with Gasteiger partial charge in [-0.25, -0.2) is 12.4 Å². The van der Waals surface area contributed by atoms with Crippen molar-refractivity contribution in [2.24, 2.45) is 0 Å². The average molecular weight is 561 g/mol. The van der Waals surface area contributed by atoms with E-state index in [0.29, 0.717) is 33.1 Å². The van der Waals surface area contributed by atoms with Gasteiger partial charge in [0.15, 0.2) is 0 Å². The number of hydrogen-bond donors (Lipinski definition) is 2. The third kappa shape index (κ3) is 5.33. The molecule has 0 spiro atoms. The molecule has 2 aromatic heterocycles. The Morgan fingerprint density at radius 3 is 2.36 bits per heavy atom. The number of carbonyl (C=O) groups excluding carboxylic acids is 2. The monoisotopic (exact) mass is 560 g/mol. The minimum absolute atomic E-state index is 0.0936. The first-order chi connectivity index (χ1) is 18.8. The summed E-state index contributed by atoms with van der Waals surface area (Å²) in [5.74, 6) is 0.0455. The van der Waals surface area contributed by atoms with Crippen molar-refractivity contribution >= 4 is 50.0 Å². The fourth-order valence-corrected chi connectivity index (χ4v) is 5.49. The normalized spacial score (nSPS) is 11.2. The number of benzene rings is 3. The van der Waals surface area contributed by atoms with Gasteiger partial charge in [0.05, 0.1) is 16.0 Å². The molecule has 2 heterocycles. The topological polar surface area (TPSA) is 119 Å². The SMILES string of the molecule is CNC(=O)c1cc(Oc2ccc(NC(=O)c3cn(S(=O)(=O)c4ccccc4)c4ccc(Cl)cc34)cc2)ccn1. The molecule has 5 aromatic rings. The van der Waals surface area contributed by atoms with Gasteiger partial charge < -0.3 is 15.4 Å². The van der Waals surface area contributed by atoms with Gasteiger partial charge >= 0.3 is 0 Å². The molecular weight excluding hydrogens is 540 g/mol. The fraction of sp³-hybridized carbons (Fsp3) is 0.0357. The molecule has 3 aromatic carbocycles. The van der Waals surface area contributed by atoms with Gasteiger partial charge in [-0.05, 0) is 60.7 Å². The van der Waals surface area contributed by atoms with Crippen LogP contribution in [0.15, 0.2) is 102 Å². The van der Waals surface area contributed by atoms with Gasteiger partial charge in [0.1, 0.15) is 17.2 Å². The van der Waals surface area contributed by atoms with Crippen molar-refractivity contribution in [3.8, 4) is 11.5 Å². The molecule has 39 heavy (non-hydrogen) atoms. The van der Waals surface area contributed by atoms with E-state index < -0.39 is 15.9 Å². The Morgan fingerprint density at radius 2 is 1.64 bits per heavy atom. The minimum Gasteiger partial charge on any atom is -0.457 e. The number of pyridine rings is 1. The number of hydrogen-bond acceptors (Lipinski definition) is 6. The quantitative estimate of drug-likeness (QED) is 0.278. The van der Waals surface area contributed by atoms with E-state index >= 15 is 0 Å². The van der Waals surface area contributed by atoms with Crippen LogP contribution in [0.3, 0.4) is 0 Å². The minimum atomic E-state index is -3.96. The number of fused-ring (bicyclic) bond motifs is 1. The summed E-state index contributed by atoms with van der Waals surface area (Å²) in [7, 11) is -2.45. The first kappa shape index (κ1) is 26.0. The van der Waals surface area contributed by atoms with Crippen LogP contribution in [0, 0.1) is 0 Å². The number of amides is 2. The third-order valence-corrected chi connectivity index (χ3v) is 7.74. The molecule has 0 aliphatic rings. The van der Waals surface area contributed by atoms with Crippen molar-refractivity contribution in [2.45, 2.75) is 4.90 Å². The fourth-order valence-electron chi connectivity index (χ4n) is 3.93. The van der Waals surface area contributed by atoms with Gasteiger partial charge in [0, 0.05) is 41.6 Å². The molecule has 0 saturated heterocycles. The lowest BCUT2D eigenvalue weighted by Gasteiger charge is -2.09. The number of rotatable bonds is 7. The van der Waals surface area contributed by atoms with Crippen LogP contribution in [0.25, 0.3) is 10.9 Å². The molecular formula is C28H21ClN4O5S. The van der Waals surface area contributed by atoms with Gasteiger partial charge in [-0.15, -0.1) is 0 Å². The summed E-state index contributed by atoms with van der Waals surface area (Å²) in [5.41, 5.74) is 1.14. The van der Waals surface area contributed by atoms with Crippen molar-refractivity contribution < 1.29 is 22.7 Å². The van der Waals surface area contributed by atoms with E-state index in [1.54, 1.807) is 66.7 Å². The molecule has 0 bridgehead atoms. The van der Waals surface area contributed by atoms with Crippen molar-refractivity contribution in [1.82, 2.24) is 14.3 Å². The number of ether oxygens (including phenoxy) is 1. The van der Waals surface area contributed by atoms with Crippen LogP contribution in [0.5, 0.6) is 11.5 Å². The predicted molar refractivity (Wildman–Crippen MR) is 148 cm³/mol. The highest BCUT2D eigenvalue weighted by molar-refractivity contribution is 7.90. The first-order valence-electron chi connectivity index (χ1n) is 11.6. The van der Waals surface area contributed by atoms with E-state index in [4.69, 9.17) is 16.3 Å². The van der Waals surface area contributed by atoms with Crippen molar-refractivity contribution in [3.05, 3.63) is 114 Å². The molecule has 0 saturated carbocycles. The molecule has 196 valence electrons. The van der Waals surface area contributed by atoms with Gasteiger partial charge in [-0.1, -0.05) is 29.8 Å². The highest BCUT2D eigenvalue weighted by atomic mass is 35.5. The van der Waals surface area contributed by atoms with E-state index in [1.807, 2.05) is 0 Å². The molecule has 0 atom stereocenters. The maximum absolute atomic E-state index is 13.3. The summed E-state index contributed by atoms with van der Waals surface area (Å²) in [5, 5.41) is 6.05. The molecule has 5 rings (SSSR count). The van der Waals surface area contributed by atoms with Gasteiger partial charge in [0.2, 0.25) is 0 Å². The summed E-state index contributed by atoms with van der Waals surface area (Å²) in [4.78, 5) is 29.2. The maximum atomic E-state index is 13.3. The zero-order valence-corrected chi connectivity index (χ0v) is 22.0. The molecule has 2 N–H and O–H groups in total. The van der Waals surface area contributed by atoms with E-state index in [1.165, 1.54) is 37.6 Å². The molecule has 0 radical (unpaired) electrons. The summed E-state index contributed by atoms with van der Waals surface area (Å²) in [6, 6.07) is 22.4. The number of nitrogens with one attached hydrogen (secondary N) is 2. The van der Waals surface area contributed by atoms with Gasteiger partial charge in [0.25, 0.3) is 21.8 Å². The predicted octanol–water partition coefficient (Wildman–Crippen LogP) is 5.33. The number of anilines is 1. The standard InChI is InChI=1S/C28H21ClN4O5S/c1-30-28(35)25-16-21(13-14-31-25)38-20-10-8-19(9-11-20)32-27(34)24-17-33(26-12-7-18(29)15-23(24)26)39(36,37)22-5-3-2-4-6-22/h2-17H,1H3,(H,30,35)(H,32,34). The van der Waals surface area contributed by atoms with Crippen LogP contribution in [0.4, 0.5) is 5.69 Å². The number of carbonyl (C=O) groups is 2. The van der Waals surface area contributed by atoms with Crippen LogP contribution in [-0.2, 0) is 10.0 Å². The van der Waals surface area contributed by atoms with Gasteiger partial charge in [-0.3, -0.25) is 14.6 Å². The lowest BCUT2D eigenvalue weighted by atomic mass is 10.1. The van der Waals surface area contributed by atoms with E-state index in [0.717, 1.165) is 3.97 Å². The Kier molecular flexibility index (Phi) is 7.05. The van der Waals surface area contributed by atoms with Crippen LogP contribution in [0.2, 0.25) is 5.02 Å². The molecule has 0 aliphatic carbocycles. The first-order valence-corrected chi connectivity index (χ1v) is 13.5. The number of halogens is 1. The molecule has 11 heteroatoms. The summed E-state index contributed by atoms with van der Waals surface area (Å²) in [6.45, 7) is 0. The summed E-state index contributed by atoms with van der Waals surface area (Å²) >= 11 is 6.18. The second-order valence-corrected chi connectivity index (χ2v) is 10.6. The lowest BCUT2D eigenvalue weighted by Crippen LogP contribution is -2.18. The van der Waals surface area contributed by atoms with Crippen molar-refractivity contribution in [3.63, 3.8) is 0 Å². The Labute approximate surface area is 229 Å². The Morgan fingerprint density at radius 1 is 0.897 bits per heavy atom. The third-order valence-electron chi connectivity index (χ3n) is 5.82. The van der Waals surface area contributed by atoms with Crippen LogP contribution in [-0.4, -0.2) is 36.2 Å². The van der Waals surface area contributed by atoms with Crippen LogP contribution < -0.4 is 15.4 Å². The highest BCUT2D eigenvalue weighted by Crippen LogP contribution is 2.30. The molecule has 0 fully saturated rings. The Bertz CT molecular complexity index is 1800. The molecule has 2 amide bonds. The average Bonchev–Trinajstić information content (AvgIpc) is 3.34. The lowest BCUT2D eigenvalue weighted by molar-refractivity contribution is 0.0957. The van der Waals surface area contributed by atoms with Crippen LogP contribution >= 0.6 is 11.6 Å². The van der Waals surface area contributed by atoms with E-state index in [9.17, 15) is 18.0 Å². The second kappa shape index (κ2) is 10.6. The van der Waals surface area contributed by atoms with Gasteiger partial charge in [-0.2, -0.15) is 0 Å². The summed E-state index contributed by atoms with van der Waals surface area (Å²) in [6.07, 6.45) is 2.76. The molecule has 9 nitrogen and oxygen atoms in total. The number of nitrogens with zero attached hydrogens (tertiary/aromatic N) is 2. The van der Waals surface area contributed by atoms with Crippen LogP contribution in [0.1, 0.15) is 20.8 Å². The Balaban J connectivity index is 1.40. The zero-order valence-electron chi connectivity index (χ0n) is 20.5. The van der Waals surface area contributed by atoms with Crippen molar-refractivity contribution in [1.29, 1.82) is 0 Å².